The van der Waals surface area contributed by atoms with Crippen LogP contribution in [0.15, 0.2) is 0 Å². The molecule has 104 valence electrons. The second kappa shape index (κ2) is 5.57. The molecule has 0 radical (unpaired) electrons. The van der Waals surface area contributed by atoms with Gasteiger partial charge in [0, 0.05) is 13.1 Å². The molecule has 1 aliphatic heterocycles. The molecular formula is C14H27N3O. The van der Waals surface area contributed by atoms with Crippen LogP contribution in [-0.2, 0) is 4.79 Å². The van der Waals surface area contributed by atoms with Crippen LogP contribution in [-0.4, -0.2) is 43.0 Å². The monoisotopic (exact) mass is 253 g/mol. The van der Waals surface area contributed by atoms with Crippen LogP contribution in [0.4, 0.5) is 0 Å². The normalized spacial score (nSPS) is 28.9. The van der Waals surface area contributed by atoms with Crippen molar-refractivity contribution in [2.24, 2.45) is 17.6 Å². The van der Waals surface area contributed by atoms with Gasteiger partial charge in [-0.25, -0.2) is 0 Å². The van der Waals surface area contributed by atoms with Gasteiger partial charge in [-0.05, 0) is 51.1 Å². The molecule has 3 N–H and O–H groups in total. The van der Waals surface area contributed by atoms with Crippen molar-refractivity contribution in [3.8, 4) is 0 Å². The fourth-order valence-corrected chi connectivity index (χ4v) is 3.37. The molecular weight excluding hydrogens is 226 g/mol. The Balaban J connectivity index is 2.02. The van der Waals surface area contributed by atoms with Crippen molar-refractivity contribution < 1.29 is 4.79 Å². The number of nitrogens with zero attached hydrogens (tertiary/aromatic N) is 1. The van der Waals surface area contributed by atoms with Gasteiger partial charge >= 0.3 is 0 Å². The third-order valence-electron chi connectivity index (χ3n) is 4.81. The molecule has 4 nitrogen and oxygen atoms in total. The fraction of sp³-hybridized carbons (Fsp3) is 0.929. The van der Waals surface area contributed by atoms with E-state index in [0.29, 0.717) is 5.92 Å². The number of carbonyl (C=O) groups is 1. The summed E-state index contributed by atoms with van der Waals surface area (Å²) in [7, 11) is 1.88. The van der Waals surface area contributed by atoms with Crippen LogP contribution in [0.1, 0.15) is 39.0 Å². The third kappa shape index (κ3) is 2.69. The lowest BCUT2D eigenvalue weighted by molar-refractivity contribution is -0.126. The minimum Gasteiger partial charge on any atom is -0.368 e. The summed E-state index contributed by atoms with van der Waals surface area (Å²) >= 11 is 0. The molecule has 1 saturated heterocycles. The zero-order valence-corrected chi connectivity index (χ0v) is 11.7. The molecule has 1 saturated carbocycles. The molecule has 0 aromatic carbocycles. The Morgan fingerprint density at radius 3 is 2.67 bits per heavy atom. The van der Waals surface area contributed by atoms with Gasteiger partial charge in [0.25, 0.3) is 0 Å². The lowest BCUT2D eigenvalue weighted by Crippen LogP contribution is -2.62. The van der Waals surface area contributed by atoms with Gasteiger partial charge in [0.05, 0.1) is 0 Å². The predicted octanol–water partition coefficient (Wildman–Crippen LogP) is 0.962. The molecule has 1 heterocycles. The van der Waals surface area contributed by atoms with E-state index in [1.165, 1.54) is 19.3 Å². The van der Waals surface area contributed by atoms with Crippen LogP contribution < -0.4 is 11.1 Å². The van der Waals surface area contributed by atoms with Gasteiger partial charge in [-0.3, -0.25) is 4.79 Å². The Kier molecular flexibility index (Phi) is 4.28. The van der Waals surface area contributed by atoms with E-state index in [9.17, 15) is 4.79 Å². The number of piperidine rings is 1. The number of carbonyl (C=O) groups excluding carboxylic acids is 1. The minimum atomic E-state index is -0.490. The number of hydrogen-bond acceptors (Lipinski definition) is 3. The van der Waals surface area contributed by atoms with Crippen molar-refractivity contribution in [3.63, 3.8) is 0 Å². The fourth-order valence-electron chi connectivity index (χ4n) is 3.37. The summed E-state index contributed by atoms with van der Waals surface area (Å²) in [5, 5.41) is 3.24. The van der Waals surface area contributed by atoms with E-state index < -0.39 is 5.54 Å². The van der Waals surface area contributed by atoms with Gasteiger partial charge < -0.3 is 16.0 Å². The zero-order valence-electron chi connectivity index (χ0n) is 11.7. The largest absolute Gasteiger partial charge is 0.368 e. The minimum absolute atomic E-state index is 0.175. The summed E-state index contributed by atoms with van der Waals surface area (Å²) in [4.78, 5) is 14.3. The Hall–Kier alpha value is -0.610. The smallest absolute Gasteiger partial charge is 0.239 e. The summed E-state index contributed by atoms with van der Waals surface area (Å²) in [6.45, 7) is 5.29. The van der Waals surface area contributed by atoms with E-state index >= 15 is 0 Å². The van der Waals surface area contributed by atoms with E-state index in [4.69, 9.17) is 5.73 Å². The number of likely N-dealkylation sites (tertiary alicyclic amines) is 1. The van der Waals surface area contributed by atoms with Crippen LogP contribution in [0.2, 0.25) is 0 Å². The van der Waals surface area contributed by atoms with Crippen molar-refractivity contribution in [1.82, 2.24) is 10.2 Å². The van der Waals surface area contributed by atoms with E-state index in [1.807, 2.05) is 7.05 Å². The van der Waals surface area contributed by atoms with Crippen LogP contribution in [0.25, 0.3) is 0 Å². The first-order chi connectivity index (χ1) is 8.62. The van der Waals surface area contributed by atoms with Gasteiger partial charge in [-0.15, -0.1) is 0 Å². The van der Waals surface area contributed by atoms with Gasteiger partial charge in [-0.1, -0.05) is 13.3 Å². The molecule has 2 fully saturated rings. The number of nitrogens with one attached hydrogen (secondary N) is 1. The molecule has 1 aliphatic carbocycles. The van der Waals surface area contributed by atoms with Crippen molar-refractivity contribution >= 4 is 5.91 Å². The summed E-state index contributed by atoms with van der Waals surface area (Å²) in [5.74, 6) is 1.06. The quantitative estimate of drug-likeness (QED) is 0.741. The van der Waals surface area contributed by atoms with Crippen molar-refractivity contribution in [3.05, 3.63) is 0 Å². The number of primary amides is 1. The van der Waals surface area contributed by atoms with Gasteiger partial charge in [0.15, 0.2) is 0 Å². The first kappa shape index (κ1) is 13.8. The molecule has 18 heavy (non-hydrogen) atoms. The molecule has 2 unspecified atom stereocenters. The SMILES string of the molecule is CCC1CCCN(CC(NC)(C(N)=O)C2CC2)C1. The maximum atomic E-state index is 11.9. The standard InChI is InChI=1S/C14H27N3O/c1-3-11-5-4-8-17(9-11)10-14(16-2,13(15)18)12-6-7-12/h11-12,16H,3-10H2,1-2H3,(H2,15,18). The highest BCUT2D eigenvalue weighted by molar-refractivity contribution is 5.86. The lowest BCUT2D eigenvalue weighted by Gasteiger charge is -2.40. The van der Waals surface area contributed by atoms with E-state index in [2.05, 4.69) is 17.1 Å². The Morgan fingerprint density at radius 1 is 1.44 bits per heavy atom. The average Bonchev–Trinajstić information content (AvgIpc) is 3.20. The van der Waals surface area contributed by atoms with Crippen LogP contribution in [0.3, 0.4) is 0 Å². The molecule has 0 aromatic rings. The van der Waals surface area contributed by atoms with E-state index in [-0.39, 0.29) is 5.91 Å². The molecule has 0 bridgehead atoms. The molecule has 2 atom stereocenters. The molecule has 0 aromatic heterocycles. The first-order valence-corrected chi connectivity index (χ1v) is 7.33. The lowest BCUT2D eigenvalue weighted by atomic mass is 9.89. The van der Waals surface area contributed by atoms with Crippen LogP contribution in [0, 0.1) is 11.8 Å². The van der Waals surface area contributed by atoms with E-state index in [1.54, 1.807) is 0 Å². The van der Waals surface area contributed by atoms with E-state index in [0.717, 1.165) is 38.4 Å². The van der Waals surface area contributed by atoms with Gasteiger partial charge in [0.2, 0.25) is 5.91 Å². The Labute approximate surface area is 110 Å². The maximum Gasteiger partial charge on any atom is 0.239 e. The number of likely N-dealkylation sites (N-methyl/N-ethyl adjacent to an activating group) is 1. The maximum absolute atomic E-state index is 11.9. The number of hydrogen-bond donors (Lipinski definition) is 2. The third-order valence-corrected chi connectivity index (χ3v) is 4.81. The zero-order chi connectivity index (χ0) is 13.2. The average molecular weight is 253 g/mol. The number of rotatable bonds is 6. The number of nitrogens with two attached hydrogens (primary N) is 1. The van der Waals surface area contributed by atoms with Crippen LogP contribution in [0.5, 0.6) is 0 Å². The molecule has 2 aliphatic rings. The molecule has 0 spiro atoms. The molecule has 4 heteroatoms. The van der Waals surface area contributed by atoms with Gasteiger partial charge in [-0.2, -0.15) is 0 Å². The highest BCUT2D eigenvalue weighted by Crippen LogP contribution is 2.40. The molecule has 2 rings (SSSR count). The summed E-state index contributed by atoms with van der Waals surface area (Å²) in [5.41, 5.74) is 5.19. The van der Waals surface area contributed by atoms with Crippen molar-refractivity contribution in [1.29, 1.82) is 0 Å². The Morgan fingerprint density at radius 2 is 2.17 bits per heavy atom. The molecule has 1 amide bonds. The second-order valence-electron chi connectivity index (χ2n) is 6.01. The Bertz CT molecular complexity index is 303. The summed E-state index contributed by atoms with van der Waals surface area (Å²) < 4.78 is 0. The summed E-state index contributed by atoms with van der Waals surface area (Å²) in [6.07, 6.45) is 6.09. The first-order valence-electron chi connectivity index (χ1n) is 7.33. The second-order valence-corrected chi connectivity index (χ2v) is 6.01. The highest BCUT2D eigenvalue weighted by atomic mass is 16.1. The number of amides is 1. The van der Waals surface area contributed by atoms with Crippen LogP contribution >= 0.6 is 0 Å². The topological polar surface area (TPSA) is 58.4 Å². The summed E-state index contributed by atoms with van der Waals surface area (Å²) in [6, 6.07) is 0. The predicted molar refractivity (Wildman–Crippen MR) is 73.2 cm³/mol. The van der Waals surface area contributed by atoms with Crippen molar-refractivity contribution in [2.45, 2.75) is 44.6 Å². The van der Waals surface area contributed by atoms with Gasteiger partial charge in [0.1, 0.15) is 5.54 Å². The van der Waals surface area contributed by atoms with Crippen molar-refractivity contribution in [2.75, 3.05) is 26.7 Å². The highest BCUT2D eigenvalue weighted by Gasteiger charge is 2.49.